The third-order valence-electron chi connectivity index (χ3n) is 0. The maximum atomic E-state index is 8.56. The Bertz CT molecular complexity index is 76.3. The fourth-order valence-electron chi connectivity index (χ4n) is 0. The molecule has 0 aliphatic carbocycles. The van der Waals surface area contributed by atoms with Crippen molar-refractivity contribution >= 4 is 29.6 Å². The van der Waals surface area contributed by atoms with E-state index >= 15 is 0 Å². The summed E-state index contributed by atoms with van der Waals surface area (Å²) in [6, 6.07) is 0. The molecule has 0 N–H and O–H groups in total. The standard InChI is InChI=1S/Na.3O.V.H. The zero-order valence-electron chi connectivity index (χ0n) is 1.67. The van der Waals surface area contributed by atoms with Crippen molar-refractivity contribution in [3.63, 3.8) is 0 Å². The predicted molar refractivity (Wildman–Crippen MR) is 9.21 cm³/mol. The van der Waals surface area contributed by atoms with E-state index in [1.807, 2.05) is 0 Å². The third kappa shape index (κ3) is 45.8. The van der Waals surface area contributed by atoms with Crippen molar-refractivity contribution in [3.05, 3.63) is 0 Å². The van der Waals surface area contributed by atoms with Crippen LogP contribution in [0.3, 0.4) is 0 Å². The molecule has 0 bridgehead atoms. The van der Waals surface area contributed by atoms with E-state index in [0.29, 0.717) is 0 Å². The van der Waals surface area contributed by atoms with Crippen molar-refractivity contribution in [1.82, 2.24) is 0 Å². The average Bonchev–Trinajstić information content (AvgIpc) is 0.811. The Hall–Kier alpha value is 0.984. The average molecular weight is 123 g/mol. The minimum atomic E-state index is -3.94. The summed E-state index contributed by atoms with van der Waals surface area (Å²) in [7, 11) is 0. The zero-order chi connectivity index (χ0) is 3.58. The van der Waals surface area contributed by atoms with Crippen LogP contribution < -0.4 is 0 Å². The Morgan fingerprint density at radius 1 is 1.00 bits per heavy atom. The van der Waals surface area contributed by atoms with Crippen LogP contribution in [0.25, 0.3) is 0 Å². The van der Waals surface area contributed by atoms with Crippen LogP contribution in [0.4, 0.5) is 0 Å². The molecule has 0 spiro atoms. The van der Waals surface area contributed by atoms with Gasteiger partial charge in [-0.15, -0.1) is 0 Å². The van der Waals surface area contributed by atoms with Gasteiger partial charge in [-0.25, -0.2) is 0 Å². The van der Waals surface area contributed by atoms with Gasteiger partial charge in [0.15, 0.2) is 0 Å². The summed E-state index contributed by atoms with van der Waals surface area (Å²) < 4.78 is 25.7. The van der Waals surface area contributed by atoms with Crippen LogP contribution in [0.2, 0.25) is 0 Å². The first-order valence-corrected chi connectivity index (χ1v) is 2.26. The Morgan fingerprint density at radius 2 is 1.00 bits per heavy atom. The number of rotatable bonds is 0. The first kappa shape index (κ1) is 9.37. The first-order valence-electron chi connectivity index (χ1n) is 0.548. The second-order valence-electron chi connectivity index (χ2n) is 0.224. The van der Waals surface area contributed by atoms with E-state index in [1.165, 1.54) is 0 Å². The number of hydrogen-bond donors (Lipinski definition) is 0. The molecular weight excluding hydrogens is 122 g/mol. The summed E-state index contributed by atoms with van der Waals surface area (Å²) in [4.78, 5) is 0. The molecule has 0 aliphatic heterocycles. The Kier molecular flexibility index (Phi) is 9.34. The van der Waals surface area contributed by atoms with Crippen molar-refractivity contribution in [1.29, 1.82) is 0 Å². The van der Waals surface area contributed by atoms with Gasteiger partial charge in [0.1, 0.15) is 0 Å². The second kappa shape index (κ2) is 4.98. The van der Waals surface area contributed by atoms with Gasteiger partial charge in [0.2, 0.25) is 0 Å². The molecule has 0 aromatic heterocycles. The van der Waals surface area contributed by atoms with Gasteiger partial charge in [-0.2, -0.15) is 0 Å². The topological polar surface area (TPSA) is 51.2 Å². The van der Waals surface area contributed by atoms with Gasteiger partial charge >= 0.3 is 55.6 Å². The Balaban J connectivity index is 0. The molecule has 5 heavy (non-hydrogen) atoms. The fraction of sp³-hybridized carbons (Fsp3) is 0. The van der Waals surface area contributed by atoms with E-state index in [4.69, 9.17) is 11.0 Å². The number of hydrogen-bond acceptors (Lipinski definition) is 3. The van der Waals surface area contributed by atoms with Crippen LogP contribution in [-0.4, -0.2) is 29.6 Å². The van der Waals surface area contributed by atoms with E-state index in [2.05, 4.69) is 0 Å². The second-order valence-corrected chi connectivity index (χ2v) is 0.922. The van der Waals surface area contributed by atoms with Gasteiger partial charge in [-0.3, -0.25) is 0 Å². The summed E-state index contributed by atoms with van der Waals surface area (Å²) in [5.74, 6) is 0. The SMILES string of the molecule is [NaH].[O]=[V](=[O])=[O]. The molecule has 0 fully saturated rings. The van der Waals surface area contributed by atoms with Gasteiger partial charge in [0, 0.05) is 0 Å². The van der Waals surface area contributed by atoms with Crippen molar-refractivity contribution < 1.29 is 26.0 Å². The summed E-state index contributed by atoms with van der Waals surface area (Å²) in [6.07, 6.45) is 0. The van der Waals surface area contributed by atoms with Crippen molar-refractivity contribution in [3.8, 4) is 0 Å². The summed E-state index contributed by atoms with van der Waals surface area (Å²) in [5.41, 5.74) is 0. The Labute approximate surface area is 55.3 Å². The van der Waals surface area contributed by atoms with Crippen LogP contribution in [0.15, 0.2) is 0 Å². The molecule has 0 radical (unpaired) electrons. The normalized spacial score (nSPS) is 4.80. The molecule has 0 rings (SSSR count). The van der Waals surface area contributed by atoms with Crippen molar-refractivity contribution in [2.75, 3.05) is 0 Å². The van der Waals surface area contributed by atoms with Gasteiger partial charge in [-0.05, 0) is 0 Å². The quantitative estimate of drug-likeness (QED) is 0.388. The van der Waals surface area contributed by atoms with Crippen LogP contribution >= 0.6 is 0 Å². The maximum absolute atomic E-state index is 8.56. The zero-order valence-corrected chi connectivity index (χ0v) is 3.07. The molecule has 0 aliphatic rings. The van der Waals surface area contributed by atoms with Crippen molar-refractivity contribution in [2.45, 2.75) is 0 Å². The summed E-state index contributed by atoms with van der Waals surface area (Å²) >= 11 is -3.94. The molecule has 25 valence electrons. The minimum absolute atomic E-state index is 0. The van der Waals surface area contributed by atoms with E-state index < -0.39 is 15.0 Å². The molecule has 0 saturated heterocycles. The molecule has 0 unspecified atom stereocenters. The van der Waals surface area contributed by atoms with Gasteiger partial charge in [-0.1, -0.05) is 0 Å². The molecule has 0 heterocycles. The van der Waals surface area contributed by atoms with Crippen LogP contribution in [0.1, 0.15) is 0 Å². The van der Waals surface area contributed by atoms with Crippen LogP contribution in [0.5, 0.6) is 0 Å². The third-order valence-corrected chi connectivity index (χ3v) is 0. The predicted octanol–water partition coefficient (Wildman–Crippen LogP) is -1.01. The first-order chi connectivity index (χ1) is 1.73. The molecule has 0 amide bonds. The van der Waals surface area contributed by atoms with Gasteiger partial charge in [0.05, 0.1) is 0 Å². The van der Waals surface area contributed by atoms with Crippen LogP contribution in [0, 0.1) is 0 Å². The summed E-state index contributed by atoms with van der Waals surface area (Å²) in [6.45, 7) is 0. The fourth-order valence-corrected chi connectivity index (χ4v) is 0. The van der Waals surface area contributed by atoms with E-state index in [0.717, 1.165) is 0 Å². The van der Waals surface area contributed by atoms with E-state index in [1.54, 1.807) is 0 Å². The molecule has 0 saturated carbocycles. The Morgan fingerprint density at radius 3 is 1.00 bits per heavy atom. The molecule has 0 atom stereocenters. The molecule has 0 aromatic carbocycles. The van der Waals surface area contributed by atoms with Crippen LogP contribution in [-0.2, 0) is 26.0 Å². The monoisotopic (exact) mass is 123 g/mol. The van der Waals surface area contributed by atoms with Gasteiger partial charge < -0.3 is 0 Å². The molecule has 5 heteroatoms. The molecular formula is HNaO3V. The molecule has 3 nitrogen and oxygen atoms in total. The van der Waals surface area contributed by atoms with Crippen molar-refractivity contribution in [2.24, 2.45) is 0 Å². The molecule has 0 aromatic rings. The van der Waals surface area contributed by atoms with E-state index in [9.17, 15) is 0 Å². The van der Waals surface area contributed by atoms with E-state index in [-0.39, 0.29) is 29.6 Å². The summed E-state index contributed by atoms with van der Waals surface area (Å²) in [5, 5.41) is 0. The van der Waals surface area contributed by atoms with Gasteiger partial charge in [0.25, 0.3) is 0 Å².